The molecule has 0 atom stereocenters. The quantitative estimate of drug-likeness (QED) is 0.565. The van der Waals surface area contributed by atoms with Crippen LogP contribution in [0.25, 0.3) is 11.1 Å². The van der Waals surface area contributed by atoms with Gasteiger partial charge in [-0.1, -0.05) is 75.0 Å². The standard InChI is InChI=1S/C13H8BrCl3/c14-7-8-3-1-5-10(15)12(8)9-4-2-6-11(16)13(9)17/h1-6H,7H2. The van der Waals surface area contributed by atoms with Gasteiger partial charge in [0.2, 0.25) is 0 Å². The molecule has 17 heavy (non-hydrogen) atoms. The maximum absolute atomic E-state index is 6.24. The van der Waals surface area contributed by atoms with Crippen molar-refractivity contribution in [1.82, 2.24) is 0 Å². The molecule has 0 radical (unpaired) electrons. The van der Waals surface area contributed by atoms with Gasteiger partial charge in [-0.2, -0.15) is 0 Å². The molecule has 0 N–H and O–H groups in total. The van der Waals surface area contributed by atoms with Crippen LogP contribution in [0.4, 0.5) is 0 Å². The fourth-order valence-electron chi connectivity index (χ4n) is 1.68. The van der Waals surface area contributed by atoms with Crippen LogP contribution in [-0.2, 0) is 5.33 Å². The van der Waals surface area contributed by atoms with Gasteiger partial charge in [0.1, 0.15) is 0 Å². The highest BCUT2D eigenvalue weighted by atomic mass is 79.9. The molecule has 0 nitrogen and oxygen atoms in total. The average Bonchev–Trinajstić information content (AvgIpc) is 2.33. The van der Waals surface area contributed by atoms with Crippen LogP contribution in [0.15, 0.2) is 36.4 Å². The summed E-state index contributed by atoms with van der Waals surface area (Å²) in [6.07, 6.45) is 0. The van der Waals surface area contributed by atoms with Gasteiger partial charge in [0.25, 0.3) is 0 Å². The summed E-state index contributed by atoms with van der Waals surface area (Å²) in [7, 11) is 0. The molecule has 0 spiro atoms. The Morgan fingerprint density at radius 2 is 1.53 bits per heavy atom. The minimum absolute atomic E-state index is 0.532. The average molecular weight is 350 g/mol. The summed E-state index contributed by atoms with van der Waals surface area (Å²) in [5, 5.41) is 2.45. The Bertz CT molecular complexity index is 552. The van der Waals surface area contributed by atoms with E-state index in [1.807, 2.05) is 30.3 Å². The molecule has 0 aliphatic carbocycles. The number of alkyl halides is 1. The van der Waals surface area contributed by atoms with Crippen molar-refractivity contribution in [2.24, 2.45) is 0 Å². The van der Waals surface area contributed by atoms with Gasteiger partial charge in [0.05, 0.1) is 10.0 Å². The van der Waals surface area contributed by atoms with E-state index in [0.29, 0.717) is 20.4 Å². The van der Waals surface area contributed by atoms with E-state index in [2.05, 4.69) is 15.9 Å². The van der Waals surface area contributed by atoms with E-state index in [1.54, 1.807) is 6.07 Å². The first-order chi connectivity index (χ1) is 8.15. The van der Waals surface area contributed by atoms with Gasteiger partial charge in [-0.25, -0.2) is 0 Å². The van der Waals surface area contributed by atoms with Crippen LogP contribution in [0, 0.1) is 0 Å². The number of rotatable bonds is 2. The summed E-state index contributed by atoms with van der Waals surface area (Å²) >= 11 is 21.9. The third-order valence-corrected chi connectivity index (χ3v) is 4.20. The van der Waals surface area contributed by atoms with Gasteiger partial charge < -0.3 is 0 Å². The molecule has 0 bridgehead atoms. The molecule has 0 fully saturated rings. The summed E-state index contributed by atoms with van der Waals surface area (Å²) in [5.74, 6) is 0. The molecule has 0 unspecified atom stereocenters. The van der Waals surface area contributed by atoms with Gasteiger partial charge in [0, 0.05) is 21.5 Å². The number of hydrogen-bond acceptors (Lipinski definition) is 0. The minimum Gasteiger partial charge on any atom is -0.0876 e. The monoisotopic (exact) mass is 348 g/mol. The van der Waals surface area contributed by atoms with Crippen LogP contribution in [0.1, 0.15) is 5.56 Å². The molecule has 0 saturated heterocycles. The maximum atomic E-state index is 6.24. The van der Waals surface area contributed by atoms with Crippen LogP contribution >= 0.6 is 50.7 Å². The van der Waals surface area contributed by atoms with E-state index < -0.39 is 0 Å². The molecule has 0 aromatic heterocycles. The van der Waals surface area contributed by atoms with Gasteiger partial charge in [-0.15, -0.1) is 0 Å². The fourth-order valence-corrected chi connectivity index (χ4v) is 2.84. The summed E-state index contributed by atoms with van der Waals surface area (Å²) < 4.78 is 0. The summed E-state index contributed by atoms with van der Waals surface area (Å²) in [4.78, 5) is 0. The van der Waals surface area contributed by atoms with Crippen molar-refractivity contribution in [2.75, 3.05) is 0 Å². The molecule has 2 aromatic rings. The number of hydrogen-bond donors (Lipinski definition) is 0. The Morgan fingerprint density at radius 3 is 2.24 bits per heavy atom. The van der Waals surface area contributed by atoms with Gasteiger partial charge in [0.15, 0.2) is 0 Å². The van der Waals surface area contributed by atoms with Crippen molar-refractivity contribution in [2.45, 2.75) is 5.33 Å². The maximum Gasteiger partial charge on any atom is 0.0671 e. The first kappa shape index (κ1) is 13.2. The molecule has 0 aliphatic heterocycles. The van der Waals surface area contributed by atoms with E-state index in [4.69, 9.17) is 34.8 Å². The second-order valence-corrected chi connectivity index (χ2v) is 5.26. The summed E-state index contributed by atoms with van der Waals surface area (Å²) in [5.41, 5.74) is 2.87. The Labute approximate surface area is 124 Å². The summed E-state index contributed by atoms with van der Waals surface area (Å²) in [6, 6.07) is 11.3. The zero-order valence-corrected chi connectivity index (χ0v) is 12.5. The smallest absolute Gasteiger partial charge is 0.0671 e. The highest BCUT2D eigenvalue weighted by molar-refractivity contribution is 9.08. The van der Waals surface area contributed by atoms with Crippen molar-refractivity contribution in [3.8, 4) is 11.1 Å². The second kappa shape index (κ2) is 5.62. The van der Waals surface area contributed by atoms with Crippen molar-refractivity contribution in [3.63, 3.8) is 0 Å². The Kier molecular flexibility index (Phi) is 4.37. The minimum atomic E-state index is 0.532. The van der Waals surface area contributed by atoms with Crippen molar-refractivity contribution in [3.05, 3.63) is 57.0 Å². The molecule has 2 aromatic carbocycles. The second-order valence-electron chi connectivity index (χ2n) is 3.51. The van der Waals surface area contributed by atoms with Crippen LogP contribution in [-0.4, -0.2) is 0 Å². The molecule has 0 aliphatic rings. The molecule has 88 valence electrons. The molecule has 0 heterocycles. The van der Waals surface area contributed by atoms with E-state index in [1.165, 1.54) is 0 Å². The molecule has 2 rings (SSSR count). The number of halogens is 4. The topological polar surface area (TPSA) is 0 Å². The van der Waals surface area contributed by atoms with Gasteiger partial charge in [-0.05, 0) is 17.7 Å². The lowest BCUT2D eigenvalue weighted by Gasteiger charge is -2.12. The largest absolute Gasteiger partial charge is 0.0876 e. The Balaban J connectivity index is 2.72. The third kappa shape index (κ3) is 2.63. The first-order valence-electron chi connectivity index (χ1n) is 4.93. The first-order valence-corrected chi connectivity index (χ1v) is 7.18. The SMILES string of the molecule is Clc1cccc(-c2c(Cl)cccc2CBr)c1Cl. The van der Waals surface area contributed by atoms with E-state index in [-0.39, 0.29) is 0 Å². The van der Waals surface area contributed by atoms with Crippen molar-refractivity contribution < 1.29 is 0 Å². The number of benzene rings is 2. The van der Waals surface area contributed by atoms with Gasteiger partial charge in [-0.3, -0.25) is 0 Å². The predicted molar refractivity (Wildman–Crippen MR) is 79.5 cm³/mol. The lowest BCUT2D eigenvalue weighted by molar-refractivity contribution is 1.43. The molecule has 4 heteroatoms. The summed E-state index contributed by atoms with van der Waals surface area (Å²) in [6.45, 7) is 0. The van der Waals surface area contributed by atoms with E-state index in [9.17, 15) is 0 Å². The van der Waals surface area contributed by atoms with Crippen LogP contribution in [0.5, 0.6) is 0 Å². The lowest BCUT2D eigenvalue weighted by atomic mass is 10.0. The van der Waals surface area contributed by atoms with Crippen molar-refractivity contribution in [1.29, 1.82) is 0 Å². The van der Waals surface area contributed by atoms with Crippen molar-refractivity contribution >= 4 is 50.7 Å². The molecular formula is C13H8BrCl3. The van der Waals surface area contributed by atoms with Crippen LogP contribution in [0.2, 0.25) is 15.1 Å². The molecular weight excluding hydrogens is 342 g/mol. The van der Waals surface area contributed by atoms with E-state index in [0.717, 1.165) is 16.7 Å². The predicted octanol–water partition coefficient (Wildman–Crippen LogP) is 6.21. The fraction of sp³-hybridized carbons (Fsp3) is 0.0769. The zero-order valence-electron chi connectivity index (χ0n) is 8.68. The van der Waals surface area contributed by atoms with Crippen LogP contribution < -0.4 is 0 Å². The Morgan fingerprint density at radius 1 is 0.882 bits per heavy atom. The normalized spacial score (nSPS) is 10.6. The highest BCUT2D eigenvalue weighted by Crippen LogP contribution is 2.39. The van der Waals surface area contributed by atoms with E-state index >= 15 is 0 Å². The third-order valence-electron chi connectivity index (χ3n) is 2.46. The van der Waals surface area contributed by atoms with Crippen LogP contribution in [0.3, 0.4) is 0 Å². The lowest BCUT2D eigenvalue weighted by Crippen LogP contribution is -1.89. The highest BCUT2D eigenvalue weighted by Gasteiger charge is 2.13. The zero-order chi connectivity index (χ0) is 12.4. The van der Waals surface area contributed by atoms with Gasteiger partial charge >= 0.3 is 0 Å². The Hall–Kier alpha value is -0.210. The molecule has 0 amide bonds. The molecule has 0 saturated carbocycles.